The van der Waals surface area contributed by atoms with E-state index < -0.39 is 0 Å². The molecule has 0 aliphatic heterocycles. The summed E-state index contributed by atoms with van der Waals surface area (Å²) in [6.07, 6.45) is 0.709. The van der Waals surface area contributed by atoms with Crippen LogP contribution in [0.25, 0.3) is 0 Å². The Morgan fingerprint density at radius 1 is 1.27 bits per heavy atom. The minimum Gasteiger partial charge on any atom is -0.354 e. The van der Waals surface area contributed by atoms with Gasteiger partial charge in [-0.2, -0.15) is 0 Å². The van der Waals surface area contributed by atoms with Crippen molar-refractivity contribution >= 4 is 11.7 Å². The van der Waals surface area contributed by atoms with Crippen LogP contribution in [0.5, 0.6) is 0 Å². The number of nitrogens with one attached hydrogen (secondary N) is 1. The Bertz CT molecular complexity index is 281. The molecule has 0 bridgehead atoms. The Morgan fingerprint density at radius 2 is 1.80 bits per heavy atom. The van der Waals surface area contributed by atoms with Gasteiger partial charge in [0.1, 0.15) is 5.78 Å². The number of hydrogen-bond donors (Lipinski definition) is 1. The van der Waals surface area contributed by atoms with E-state index in [1.807, 2.05) is 27.7 Å². The second-order valence-corrected chi connectivity index (χ2v) is 5.44. The molecule has 0 saturated heterocycles. The summed E-state index contributed by atoms with van der Waals surface area (Å²) in [4.78, 5) is 23.1. The molecule has 3 heteroatoms. The second kappa shape index (κ2) is 3.95. The fourth-order valence-electron chi connectivity index (χ4n) is 2.45. The number of amides is 1. The number of ketones is 1. The molecule has 1 N–H and O–H groups in total. The number of Topliss-reactive ketones (excluding diaryl/α,β-unsaturated/α-hetero) is 1. The van der Waals surface area contributed by atoms with Gasteiger partial charge >= 0.3 is 0 Å². The molecule has 0 aromatic carbocycles. The van der Waals surface area contributed by atoms with Gasteiger partial charge in [-0.15, -0.1) is 0 Å². The van der Waals surface area contributed by atoms with Crippen LogP contribution in [0.1, 0.15) is 41.0 Å². The zero-order valence-corrected chi connectivity index (χ0v) is 10.3. The van der Waals surface area contributed by atoms with Crippen molar-refractivity contribution in [3.63, 3.8) is 0 Å². The monoisotopic (exact) mass is 211 g/mol. The molecule has 1 aliphatic carbocycles. The highest BCUT2D eigenvalue weighted by molar-refractivity contribution is 5.87. The maximum absolute atomic E-state index is 11.8. The van der Waals surface area contributed by atoms with Crippen molar-refractivity contribution in [1.29, 1.82) is 0 Å². The average molecular weight is 211 g/mol. The largest absolute Gasteiger partial charge is 0.354 e. The molecule has 2 unspecified atom stereocenters. The van der Waals surface area contributed by atoms with Crippen molar-refractivity contribution in [3.8, 4) is 0 Å². The van der Waals surface area contributed by atoms with Crippen LogP contribution in [0.3, 0.4) is 0 Å². The van der Waals surface area contributed by atoms with Crippen LogP contribution in [0.15, 0.2) is 0 Å². The lowest BCUT2D eigenvalue weighted by Gasteiger charge is -2.50. The lowest BCUT2D eigenvalue weighted by Crippen LogP contribution is -2.55. The van der Waals surface area contributed by atoms with E-state index in [1.165, 1.54) is 0 Å². The summed E-state index contributed by atoms with van der Waals surface area (Å²) in [5.41, 5.74) is -0.176. The van der Waals surface area contributed by atoms with Crippen molar-refractivity contribution in [1.82, 2.24) is 5.32 Å². The van der Waals surface area contributed by atoms with Crippen molar-refractivity contribution in [2.45, 2.75) is 47.1 Å². The number of carbonyl (C=O) groups excluding carboxylic acids is 2. The summed E-state index contributed by atoms with van der Waals surface area (Å²) in [5, 5.41) is 2.91. The topological polar surface area (TPSA) is 46.2 Å². The molecule has 86 valence electrons. The van der Waals surface area contributed by atoms with E-state index in [4.69, 9.17) is 0 Å². The minimum absolute atomic E-state index is 0.00574. The minimum atomic E-state index is -0.176. The predicted octanol–water partition coefficient (Wildman–Crippen LogP) is 1.76. The van der Waals surface area contributed by atoms with E-state index in [-0.39, 0.29) is 35.0 Å². The van der Waals surface area contributed by atoms with Crippen LogP contribution in [-0.2, 0) is 9.59 Å². The lowest BCUT2D eigenvalue weighted by atomic mass is 9.53. The summed E-state index contributed by atoms with van der Waals surface area (Å²) in [5.74, 6) is 0.343. The van der Waals surface area contributed by atoms with E-state index in [0.717, 1.165) is 0 Å². The van der Waals surface area contributed by atoms with Crippen LogP contribution >= 0.6 is 0 Å². The van der Waals surface area contributed by atoms with Gasteiger partial charge in [-0.05, 0) is 32.6 Å². The molecule has 0 aromatic rings. The molecule has 1 aliphatic rings. The van der Waals surface area contributed by atoms with Gasteiger partial charge in [0.25, 0.3) is 0 Å². The molecule has 0 aromatic heterocycles. The smallest absolute Gasteiger partial charge is 0.223 e. The quantitative estimate of drug-likeness (QED) is 0.773. The zero-order valence-electron chi connectivity index (χ0n) is 10.3. The van der Waals surface area contributed by atoms with E-state index in [0.29, 0.717) is 6.42 Å². The summed E-state index contributed by atoms with van der Waals surface area (Å²) in [6, 6.07) is 0.171. The summed E-state index contributed by atoms with van der Waals surface area (Å²) in [6.45, 7) is 9.53. The van der Waals surface area contributed by atoms with Crippen LogP contribution in [0.4, 0.5) is 0 Å². The highest BCUT2D eigenvalue weighted by Crippen LogP contribution is 2.51. The van der Waals surface area contributed by atoms with Gasteiger partial charge in [0.15, 0.2) is 0 Å². The van der Waals surface area contributed by atoms with E-state index in [1.54, 1.807) is 6.92 Å². The van der Waals surface area contributed by atoms with Crippen molar-refractivity contribution in [2.24, 2.45) is 17.3 Å². The lowest BCUT2D eigenvalue weighted by molar-refractivity contribution is -0.149. The van der Waals surface area contributed by atoms with Gasteiger partial charge in [-0.1, -0.05) is 13.8 Å². The van der Waals surface area contributed by atoms with Crippen LogP contribution < -0.4 is 5.32 Å². The van der Waals surface area contributed by atoms with E-state index in [9.17, 15) is 9.59 Å². The Hall–Kier alpha value is -0.860. The number of hydrogen-bond acceptors (Lipinski definition) is 2. The van der Waals surface area contributed by atoms with Crippen molar-refractivity contribution < 1.29 is 9.59 Å². The van der Waals surface area contributed by atoms with Gasteiger partial charge in [0, 0.05) is 17.9 Å². The van der Waals surface area contributed by atoms with Gasteiger partial charge < -0.3 is 5.32 Å². The molecule has 1 amide bonds. The molecule has 0 heterocycles. The Kier molecular flexibility index (Phi) is 3.22. The molecule has 3 nitrogen and oxygen atoms in total. The van der Waals surface area contributed by atoms with Crippen molar-refractivity contribution in [2.75, 3.05) is 0 Å². The molecule has 1 rings (SSSR count). The predicted molar refractivity (Wildman–Crippen MR) is 59.3 cm³/mol. The molecule has 15 heavy (non-hydrogen) atoms. The first-order valence-corrected chi connectivity index (χ1v) is 5.57. The third kappa shape index (κ3) is 2.21. The SMILES string of the molecule is CC(=O)C1CC(C(=O)NC(C)C)C1(C)C. The maximum atomic E-state index is 11.8. The average Bonchev–Trinajstić information content (AvgIpc) is 1.99. The fourth-order valence-corrected chi connectivity index (χ4v) is 2.45. The molecule has 1 fully saturated rings. The summed E-state index contributed by atoms with van der Waals surface area (Å²) < 4.78 is 0. The molecular weight excluding hydrogens is 190 g/mol. The van der Waals surface area contributed by atoms with E-state index in [2.05, 4.69) is 5.32 Å². The second-order valence-electron chi connectivity index (χ2n) is 5.44. The van der Waals surface area contributed by atoms with Crippen molar-refractivity contribution in [3.05, 3.63) is 0 Å². The van der Waals surface area contributed by atoms with E-state index >= 15 is 0 Å². The highest BCUT2D eigenvalue weighted by Gasteiger charge is 2.53. The van der Waals surface area contributed by atoms with Gasteiger partial charge in [-0.3, -0.25) is 9.59 Å². The van der Waals surface area contributed by atoms with Crippen LogP contribution in [-0.4, -0.2) is 17.7 Å². The molecule has 1 saturated carbocycles. The normalized spacial score (nSPS) is 28.4. The first-order valence-electron chi connectivity index (χ1n) is 5.57. The Labute approximate surface area is 91.6 Å². The Morgan fingerprint density at radius 3 is 2.13 bits per heavy atom. The molecule has 2 atom stereocenters. The first-order chi connectivity index (χ1) is 6.76. The van der Waals surface area contributed by atoms with Crippen LogP contribution in [0, 0.1) is 17.3 Å². The standard InChI is InChI=1S/C12H21NO2/c1-7(2)13-11(15)10-6-9(8(3)14)12(10,4)5/h7,9-10H,6H2,1-5H3,(H,13,15). The first kappa shape index (κ1) is 12.2. The van der Waals surface area contributed by atoms with Gasteiger partial charge in [0.2, 0.25) is 5.91 Å². The molecular formula is C12H21NO2. The number of carbonyl (C=O) groups is 2. The zero-order chi connectivity index (χ0) is 11.8. The van der Waals surface area contributed by atoms with Crippen LogP contribution in [0.2, 0.25) is 0 Å². The number of rotatable bonds is 3. The summed E-state index contributed by atoms with van der Waals surface area (Å²) >= 11 is 0. The third-order valence-corrected chi connectivity index (χ3v) is 3.51. The summed E-state index contributed by atoms with van der Waals surface area (Å²) in [7, 11) is 0. The molecule has 0 spiro atoms. The Balaban J connectivity index is 2.62. The van der Waals surface area contributed by atoms with Gasteiger partial charge in [0.05, 0.1) is 0 Å². The highest BCUT2D eigenvalue weighted by atomic mass is 16.2. The molecule has 0 radical (unpaired) electrons. The third-order valence-electron chi connectivity index (χ3n) is 3.51. The van der Waals surface area contributed by atoms with Gasteiger partial charge in [-0.25, -0.2) is 0 Å². The maximum Gasteiger partial charge on any atom is 0.223 e. The fraction of sp³-hybridized carbons (Fsp3) is 0.833.